The largest absolute Gasteiger partial charge is 0.412 e. The normalized spacial score (nSPS) is 14.7. The van der Waals surface area contributed by atoms with Gasteiger partial charge in [0.2, 0.25) is 0 Å². The van der Waals surface area contributed by atoms with E-state index in [-0.39, 0.29) is 5.78 Å². The molecule has 0 aliphatic carbocycles. The molecule has 3 rings (SSSR count). The molecule has 5 nitrogen and oxygen atoms in total. The van der Waals surface area contributed by atoms with Crippen LogP contribution >= 0.6 is 11.6 Å². The number of nitrogens with zero attached hydrogens (tertiary/aromatic N) is 1. The van der Waals surface area contributed by atoms with Gasteiger partial charge in [-0.3, -0.25) is 4.79 Å². The smallest absolute Gasteiger partial charge is 0.410 e. The topological polar surface area (TPSA) is 58.6 Å². The second-order valence-corrected chi connectivity index (χ2v) is 7.26. The number of hydrogen-bond acceptors (Lipinski definition) is 4. The van der Waals surface area contributed by atoms with Crippen molar-refractivity contribution in [3.05, 3.63) is 58.6 Å². The maximum Gasteiger partial charge on any atom is 0.412 e. The monoisotopic (exact) mass is 386 g/mol. The molecule has 1 aliphatic heterocycles. The number of halogens is 1. The number of hydrogen-bond donors (Lipinski definition) is 1. The number of rotatable bonds is 4. The number of amides is 1. The number of carbonyl (C=O) groups excluding carboxylic acids is 2. The van der Waals surface area contributed by atoms with Crippen LogP contribution in [0.5, 0.6) is 5.75 Å². The molecule has 0 radical (unpaired) electrons. The Morgan fingerprint density at radius 1 is 1.11 bits per heavy atom. The fourth-order valence-corrected chi connectivity index (χ4v) is 3.33. The second kappa shape index (κ2) is 8.44. The number of piperidine rings is 1. The van der Waals surface area contributed by atoms with E-state index in [9.17, 15) is 9.59 Å². The van der Waals surface area contributed by atoms with E-state index in [0.717, 1.165) is 31.6 Å². The SMILES string of the molecule is CNC(=O)Oc1ccc(N2CCC(C)CC2)c(C(=O)c2ccc(Cl)cc2)c1. The molecule has 1 heterocycles. The molecule has 1 amide bonds. The highest BCUT2D eigenvalue weighted by Crippen LogP contribution is 2.31. The first-order valence-electron chi connectivity index (χ1n) is 9.06. The standard InChI is InChI=1S/C21H23ClN2O3/c1-14-9-11-24(12-10-14)19-8-7-17(27-21(26)23-2)13-18(19)20(25)15-3-5-16(22)6-4-15/h3-8,13-14H,9-12H2,1-2H3,(H,23,26). The van der Waals surface area contributed by atoms with Crippen LogP contribution in [-0.4, -0.2) is 32.0 Å². The highest BCUT2D eigenvalue weighted by molar-refractivity contribution is 6.30. The molecule has 2 aromatic rings. The van der Waals surface area contributed by atoms with Gasteiger partial charge in [0.15, 0.2) is 5.78 Å². The fraction of sp³-hybridized carbons (Fsp3) is 0.333. The molecule has 0 atom stereocenters. The average molecular weight is 387 g/mol. The third-order valence-electron chi connectivity index (χ3n) is 4.86. The zero-order valence-corrected chi connectivity index (χ0v) is 16.3. The van der Waals surface area contributed by atoms with Gasteiger partial charge >= 0.3 is 6.09 Å². The van der Waals surface area contributed by atoms with Crippen molar-refractivity contribution in [1.82, 2.24) is 5.32 Å². The maximum atomic E-state index is 13.2. The van der Waals surface area contributed by atoms with Crippen LogP contribution in [0.15, 0.2) is 42.5 Å². The minimum absolute atomic E-state index is 0.123. The van der Waals surface area contributed by atoms with Gasteiger partial charge in [0.1, 0.15) is 5.75 Å². The summed E-state index contributed by atoms with van der Waals surface area (Å²) in [5.74, 6) is 0.899. The van der Waals surface area contributed by atoms with Gasteiger partial charge in [-0.05, 0) is 61.2 Å². The van der Waals surface area contributed by atoms with Crippen LogP contribution in [0, 0.1) is 5.92 Å². The third-order valence-corrected chi connectivity index (χ3v) is 5.11. The molecule has 6 heteroatoms. The van der Waals surface area contributed by atoms with Crippen molar-refractivity contribution in [2.24, 2.45) is 5.92 Å². The summed E-state index contributed by atoms with van der Waals surface area (Å²) in [6.07, 6.45) is 1.61. The highest BCUT2D eigenvalue weighted by Gasteiger charge is 2.23. The summed E-state index contributed by atoms with van der Waals surface area (Å²) in [5, 5.41) is 2.99. The molecule has 2 aromatic carbocycles. The van der Waals surface area contributed by atoms with Crippen LogP contribution in [0.1, 0.15) is 35.7 Å². The number of anilines is 1. The van der Waals surface area contributed by atoms with Crippen LogP contribution in [0.4, 0.5) is 10.5 Å². The lowest BCUT2D eigenvalue weighted by Gasteiger charge is -2.33. The predicted molar refractivity (Wildman–Crippen MR) is 107 cm³/mol. The van der Waals surface area contributed by atoms with Crippen LogP contribution in [0.25, 0.3) is 0 Å². The number of ketones is 1. The zero-order valence-electron chi connectivity index (χ0n) is 15.5. The van der Waals surface area contributed by atoms with E-state index in [1.165, 1.54) is 7.05 Å². The quantitative estimate of drug-likeness (QED) is 0.784. The molecule has 0 unspecified atom stereocenters. The molecule has 0 bridgehead atoms. The first kappa shape index (κ1) is 19.2. The summed E-state index contributed by atoms with van der Waals surface area (Å²) in [5.41, 5.74) is 1.93. The Morgan fingerprint density at radius 3 is 2.41 bits per heavy atom. The molecule has 0 saturated carbocycles. The lowest BCUT2D eigenvalue weighted by atomic mass is 9.96. The van der Waals surface area contributed by atoms with Crippen molar-refractivity contribution < 1.29 is 14.3 Å². The van der Waals surface area contributed by atoms with E-state index >= 15 is 0 Å². The Balaban J connectivity index is 1.98. The summed E-state index contributed by atoms with van der Waals surface area (Å²) in [6.45, 7) is 4.05. The molecular formula is C21H23ClN2O3. The minimum Gasteiger partial charge on any atom is -0.410 e. The summed E-state index contributed by atoms with van der Waals surface area (Å²) in [4.78, 5) is 26.9. The molecular weight excluding hydrogens is 364 g/mol. The highest BCUT2D eigenvalue weighted by atomic mass is 35.5. The molecule has 1 saturated heterocycles. The summed E-state index contributed by atoms with van der Waals surface area (Å²) in [7, 11) is 1.49. The van der Waals surface area contributed by atoms with E-state index in [0.29, 0.717) is 27.8 Å². The Morgan fingerprint density at radius 2 is 1.78 bits per heavy atom. The number of ether oxygens (including phenoxy) is 1. The van der Waals surface area contributed by atoms with Gasteiger partial charge < -0.3 is 15.0 Å². The van der Waals surface area contributed by atoms with E-state index < -0.39 is 6.09 Å². The minimum atomic E-state index is -0.570. The fourth-order valence-electron chi connectivity index (χ4n) is 3.20. The van der Waals surface area contributed by atoms with Gasteiger partial charge in [0, 0.05) is 42.0 Å². The lowest BCUT2D eigenvalue weighted by Crippen LogP contribution is -2.34. The van der Waals surface area contributed by atoms with Crippen LogP contribution < -0.4 is 15.0 Å². The number of nitrogens with one attached hydrogen (secondary N) is 1. The van der Waals surface area contributed by atoms with Crippen molar-refractivity contribution >= 4 is 29.2 Å². The van der Waals surface area contributed by atoms with Crippen LogP contribution in [0.2, 0.25) is 5.02 Å². The van der Waals surface area contributed by atoms with Crippen LogP contribution in [-0.2, 0) is 0 Å². The van der Waals surface area contributed by atoms with Crippen molar-refractivity contribution in [3.63, 3.8) is 0 Å². The first-order valence-corrected chi connectivity index (χ1v) is 9.44. The number of benzene rings is 2. The summed E-state index contributed by atoms with van der Waals surface area (Å²) >= 11 is 5.94. The molecule has 27 heavy (non-hydrogen) atoms. The van der Waals surface area contributed by atoms with Gasteiger partial charge in [0.05, 0.1) is 0 Å². The van der Waals surface area contributed by atoms with E-state index in [1.54, 1.807) is 36.4 Å². The molecule has 1 aliphatic rings. The molecule has 142 valence electrons. The molecule has 1 N–H and O–H groups in total. The van der Waals surface area contributed by atoms with Crippen molar-refractivity contribution in [3.8, 4) is 5.75 Å². The molecule has 0 aromatic heterocycles. The van der Waals surface area contributed by atoms with Gasteiger partial charge in [-0.1, -0.05) is 18.5 Å². The Labute approximate surface area is 164 Å². The lowest BCUT2D eigenvalue weighted by molar-refractivity contribution is 0.103. The Hall–Kier alpha value is -2.53. The van der Waals surface area contributed by atoms with Crippen molar-refractivity contribution in [2.45, 2.75) is 19.8 Å². The summed E-state index contributed by atoms with van der Waals surface area (Å²) in [6, 6.07) is 12.0. The van der Waals surface area contributed by atoms with E-state index in [1.807, 2.05) is 6.07 Å². The zero-order chi connectivity index (χ0) is 19.4. The second-order valence-electron chi connectivity index (χ2n) is 6.82. The summed E-state index contributed by atoms with van der Waals surface area (Å²) < 4.78 is 5.23. The van der Waals surface area contributed by atoms with Crippen LogP contribution in [0.3, 0.4) is 0 Å². The van der Waals surface area contributed by atoms with Gasteiger partial charge in [-0.25, -0.2) is 4.79 Å². The molecule has 0 spiro atoms. The van der Waals surface area contributed by atoms with Gasteiger partial charge in [0.25, 0.3) is 0 Å². The molecule has 1 fully saturated rings. The Bertz CT molecular complexity index is 828. The van der Waals surface area contributed by atoms with E-state index in [4.69, 9.17) is 16.3 Å². The Kier molecular flexibility index (Phi) is 6.01. The van der Waals surface area contributed by atoms with Gasteiger partial charge in [-0.2, -0.15) is 0 Å². The van der Waals surface area contributed by atoms with E-state index in [2.05, 4.69) is 17.1 Å². The first-order chi connectivity index (χ1) is 13.0. The predicted octanol–water partition coefficient (Wildman–Crippen LogP) is 4.53. The average Bonchev–Trinajstić information content (AvgIpc) is 2.68. The van der Waals surface area contributed by atoms with Crippen molar-refractivity contribution in [1.29, 1.82) is 0 Å². The number of carbonyl (C=O) groups is 2. The maximum absolute atomic E-state index is 13.2. The third kappa shape index (κ3) is 4.61. The van der Waals surface area contributed by atoms with Gasteiger partial charge in [-0.15, -0.1) is 0 Å². The van der Waals surface area contributed by atoms with Crippen molar-refractivity contribution in [2.75, 3.05) is 25.0 Å².